The van der Waals surface area contributed by atoms with Crippen LogP contribution in [0, 0.1) is 13.8 Å². The lowest BCUT2D eigenvalue weighted by Gasteiger charge is -2.13. The Hall–Kier alpha value is -1.88. The molecule has 0 aromatic heterocycles. The van der Waals surface area contributed by atoms with Gasteiger partial charge in [0.15, 0.2) is 0 Å². The van der Waals surface area contributed by atoms with Crippen LogP contribution < -0.4 is 16.0 Å². The summed E-state index contributed by atoms with van der Waals surface area (Å²) in [6.45, 7) is 4.05. The van der Waals surface area contributed by atoms with Crippen molar-refractivity contribution in [2.75, 3.05) is 18.9 Å². The van der Waals surface area contributed by atoms with Gasteiger partial charge in [-0.2, -0.15) is 0 Å². The molecule has 2 amide bonds. The summed E-state index contributed by atoms with van der Waals surface area (Å²) in [4.78, 5) is 23.2. The predicted octanol–water partition coefficient (Wildman–Crippen LogP) is 0.632. The van der Waals surface area contributed by atoms with Gasteiger partial charge in [-0.15, -0.1) is 0 Å². The van der Waals surface area contributed by atoms with E-state index in [-0.39, 0.29) is 18.4 Å². The van der Waals surface area contributed by atoms with Crippen molar-refractivity contribution in [1.29, 1.82) is 0 Å². The van der Waals surface area contributed by atoms with Gasteiger partial charge in [0.2, 0.25) is 11.8 Å². The molecule has 3 N–H and O–H groups in total. The highest BCUT2D eigenvalue weighted by Gasteiger charge is 2.32. The fourth-order valence-electron chi connectivity index (χ4n) is 2.17. The molecular weight excluding hydrogens is 230 g/mol. The van der Waals surface area contributed by atoms with Gasteiger partial charge in [-0.25, -0.2) is 0 Å². The highest BCUT2D eigenvalue weighted by Crippen LogP contribution is 2.35. The molecule has 0 saturated heterocycles. The Morgan fingerprint density at radius 3 is 2.67 bits per heavy atom. The first-order valence-corrected chi connectivity index (χ1v) is 5.89. The number of nitrogens with one attached hydrogen (secondary N) is 3. The first-order chi connectivity index (χ1) is 8.54. The average molecular weight is 247 g/mol. The van der Waals surface area contributed by atoms with E-state index < -0.39 is 6.04 Å². The molecule has 1 heterocycles. The van der Waals surface area contributed by atoms with Crippen LogP contribution in [0.25, 0.3) is 0 Å². The molecule has 1 aliphatic heterocycles. The highest BCUT2D eigenvalue weighted by atomic mass is 16.2. The van der Waals surface area contributed by atoms with E-state index in [1.54, 1.807) is 7.05 Å². The smallest absolute Gasteiger partial charge is 0.246 e. The second-order valence-corrected chi connectivity index (χ2v) is 4.46. The van der Waals surface area contributed by atoms with E-state index in [2.05, 4.69) is 16.0 Å². The van der Waals surface area contributed by atoms with E-state index in [1.165, 1.54) is 0 Å². The Balaban J connectivity index is 2.27. The molecule has 1 aromatic rings. The van der Waals surface area contributed by atoms with Crippen LogP contribution >= 0.6 is 0 Å². The maximum Gasteiger partial charge on any atom is 0.246 e. The number of rotatable bonds is 3. The number of fused-ring (bicyclic) bond motifs is 1. The number of likely N-dealkylation sites (N-methyl/N-ethyl adjacent to an activating group) is 1. The highest BCUT2D eigenvalue weighted by molar-refractivity contribution is 6.04. The third kappa shape index (κ3) is 2.09. The van der Waals surface area contributed by atoms with Gasteiger partial charge >= 0.3 is 0 Å². The maximum atomic E-state index is 11.9. The molecule has 0 bridgehead atoms. The molecule has 1 aromatic carbocycles. The molecule has 1 atom stereocenters. The zero-order valence-corrected chi connectivity index (χ0v) is 10.8. The zero-order chi connectivity index (χ0) is 13.3. The summed E-state index contributed by atoms with van der Waals surface area (Å²) in [5.41, 5.74) is 3.90. The lowest BCUT2D eigenvalue weighted by molar-refractivity contribution is -0.120. The van der Waals surface area contributed by atoms with Crippen molar-refractivity contribution in [1.82, 2.24) is 10.6 Å². The van der Waals surface area contributed by atoms with E-state index in [0.29, 0.717) is 0 Å². The van der Waals surface area contributed by atoms with Crippen molar-refractivity contribution in [3.05, 3.63) is 28.8 Å². The Kier molecular flexibility index (Phi) is 3.34. The van der Waals surface area contributed by atoms with E-state index in [9.17, 15) is 9.59 Å². The molecule has 5 nitrogen and oxygen atoms in total. The summed E-state index contributed by atoms with van der Waals surface area (Å²) < 4.78 is 0. The van der Waals surface area contributed by atoms with Gasteiger partial charge in [-0.1, -0.05) is 12.1 Å². The third-order valence-corrected chi connectivity index (χ3v) is 3.22. The molecule has 0 saturated carbocycles. The number of benzene rings is 1. The lowest BCUT2D eigenvalue weighted by atomic mass is 9.99. The third-order valence-electron chi connectivity index (χ3n) is 3.22. The van der Waals surface area contributed by atoms with Crippen molar-refractivity contribution < 1.29 is 9.59 Å². The number of hydrogen-bond acceptors (Lipinski definition) is 3. The summed E-state index contributed by atoms with van der Waals surface area (Å²) >= 11 is 0. The Labute approximate surface area is 106 Å². The largest absolute Gasteiger partial charge is 0.358 e. The van der Waals surface area contributed by atoms with E-state index in [4.69, 9.17) is 0 Å². The fraction of sp³-hybridized carbons (Fsp3) is 0.385. The molecule has 18 heavy (non-hydrogen) atoms. The van der Waals surface area contributed by atoms with Gasteiger partial charge in [0, 0.05) is 18.3 Å². The summed E-state index contributed by atoms with van der Waals surface area (Å²) in [6, 6.07) is 3.52. The number of amides is 2. The molecule has 1 aliphatic rings. The second kappa shape index (κ2) is 4.78. The number of aryl methyl sites for hydroxylation is 2. The quantitative estimate of drug-likeness (QED) is 0.734. The standard InChI is InChI=1S/C13H17N3O2/c1-7-4-5-8(2)11-10(7)12(13(18)16-11)15-6-9(17)14-3/h4-5,12,15H,6H2,1-3H3,(H,14,17)(H,16,18). The summed E-state index contributed by atoms with van der Waals surface area (Å²) in [6.07, 6.45) is 0. The molecule has 1 unspecified atom stereocenters. The molecule has 2 rings (SSSR count). The molecule has 5 heteroatoms. The molecule has 0 spiro atoms. The van der Waals surface area contributed by atoms with Crippen LogP contribution in [0.15, 0.2) is 12.1 Å². The average Bonchev–Trinajstić information content (AvgIpc) is 2.69. The summed E-state index contributed by atoms with van der Waals surface area (Å²) in [5, 5.41) is 8.37. The first kappa shape index (κ1) is 12.6. The lowest BCUT2D eigenvalue weighted by Crippen LogP contribution is -2.36. The number of anilines is 1. The normalized spacial score (nSPS) is 17.3. The number of carbonyl (C=O) groups excluding carboxylic acids is 2. The topological polar surface area (TPSA) is 70.2 Å². The molecule has 96 valence electrons. The Bertz CT molecular complexity index is 511. The van der Waals surface area contributed by atoms with Crippen LogP contribution in [0.4, 0.5) is 5.69 Å². The predicted molar refractivity (Wildman–Crippen MR) is 69.4 cm³/mol. The molecule has 0 radical (unpaired) electrons. The van der Waals surface area contributed by atoms with Gasteiger partial charge in [-0.05, 0) is 25.0 Å². The van der Waals surface area contributed by atoms with Crippen molar-refractivity contribution in [2.45, 2.75) is 19.9 Å². The SMILES string of the molecule is CNC(=O)CNC1C(=O)Nc2c(C)ccc(C)c21. The summed E-state index contributed by atoms with van der Waals surface area (Å²) in [5.74, 6) is -0.243. The zero-order valence-electron chi connectivity index (χ0n) is 10.8. The first-order valence-electron chi connectivity index (χ1n) is 5.89. The van der Waals surface area contributed by atoms with E-state index >= 15 is 0 Å². The van der Waals surface area contributed by atoms with Crippen LogP contribution in [0.1, 0.15) is 22.7 Å². The van der Waals surface area contributed by atoms with Crippen molar-refractivity contribution in [2.24, 2.45) is 0 Å². The van der Waals surface area contributed by atoms with Crippen LogP contribution in [-0.2, 0) is 9.59 Å². The van der Waals surface area contributed by atoms with Crippen LogP contribution in [0.3, 0.4) is 0 Å². The van der Waals surface area contributed by atoms with Crippen molar-refractivity contribution in [3.8, 4) is 0 Å². The van der Waals surface area contributed by atoms with Gasteiger partial charge in [0.05, 0.1) is 6.54 Å². The minimum absolute atomic E-state index is 0.105. The van der Waals surface area contributed by atoms with Crippen molar-refractivity contribution in [3.63, 3.8) is 0 Å². The van der Waals surface area contributed by atoms with Gasteiger partial charge < -0.3 is 10.6 Å². The van der Waals surface area contributed by atoms with Crippen molar-refractivity contribution >= 4 is 17.5 Å². The van der Waals surface area contributed by atoms with Gasteiger partial charge in [0.1, 0.15) is 6.04 Å². The Morgan fingerprint density at radius 2 is 2.00 bits per heavy atom. The number of hydrogen-bond donors (Lipinski definition) is 3. The minimum atomic E-state index is -0.447. The van der Waals surface area contributed by atoms with Gasteiger partial charge in [0.25, 0.3) is 0 Å². The second-order valence-electron chi connectivity index (χ2n) is 4.46. The van der Waals surface area contributed by atoms with Gasteiger partial charge in [-0.3, -0.25) is 14.9 Å². The fourth-order valence-corrected chi connectivity index (χ4v) is 2.17. The summed E-state index contributed by atoms with van der Waals surface area (Å²) in [7, 11) is 1.57. The monoisotopic (exact) mass is 247 g/mol. The molecule has 0 aliphatic carbocycles. The van der Waals surface area contributed by atoms with E-state index in [1.807, 2.05) is 26.0 Å². The van der Waals surface area contributed by atoms with E-state index in [0.717, 1.165) is 22.4 Å². The molecule has 0 fully saturated rings. The van der Waals surface area contributed by atoms with Crippen LogP contribution in [-0.4, -0.2) is 25.4 Å². The minimum Gasteiger partial charge on any atom is -0.358 e. The Morgan fingerprint density at radius 1 is 1.33 bits per heavy atom. The maximum absolute atomic E-state index is 11.9. The molecular formula is C13H17N3O2. The van der Waals surface area contributed by atoms with Crippen LogP contribution in [0.2, 0.25) is 0 Å². The van der Waals surface area contributed by atoms with Crippen LogP contribution in [0.5, 0.6) is 0 Å². The number of carbonyl (C=O) groups is 2.